The van der Waals surface area contributed by atoms with Gasteiger partial charge in [-0.05, 0) is 24.3 Å². The fourth-order valence-corrected chi connectivity index (χ4v) is 6.39. The van der Waals surface area contributed by atoms with Gasteiger partial charge in [0, 0.05) is 73.8 Å². The van der Waals surface area contributed by atoms with E-state index in [1.807, 2.05) is 4.90 Å². The monoisotopic (exact) mass is 429 g/mol. The molecule has 2 aromatic rings. The SMILES string of the molecule is CC(=O)N1CCc2nc(-c3ccc(OC4CC(N5CCSCC5)C4)cc3)sc2C1. The van der Waals surface area contributed by atoms with Gasteiger partial charge in [-0.1, -0.05) is 0 Å². The Bertz CT molecular complexity index is 871. The van der Waals surface area contributed by atoms with E-state index in [-0.39, 0.29) is 5.91 Å². The number of nitrogens with zero attached hydrogens (tertiary/aromatic N) is 3. The summed E-state index contributed by atoms with van der Waals surface area (Å²) < 4.78 is 6.19. The third kappa shape index (κ3) is 4.18. The average Bonchev–Trinajstić information content (AvgIpc) is 3.15. The number of rotatable bonds is 4. The van der Waals surface area contributed by atoms with Crippen molar-refractivity contribution in [1.29, 1.82) is 0 Å². The number of carbonyl (C=O) groups is 1. The van der Waals surface area contributed by atoms with Gasteiger partial charge in [0.1, 0.15) is 16.9 Å². The molecule has 1 amide bonds. The van der Waals surface area contributed by atoms with Crippen LogP contribution in [-0.4, -0.2) is 64.0 Å². The summed E-state index contributed by atoms with van der Waals surface area (Å²) in [5, 5.41) is 1.04. The maximum absolute atomic E-state index is 11.6. The van der Waals surface area contributed by atoms with Crippen LogP contribution in [0.5, 0.6) is 5.75 Å². The molecule has 1 aromatic carbocycles. The molecule has 0 atom stereocenters. The molecule has 0 radical (unpaired) electrons. The lowest BCUT2D eigenvalue weighted by molar-refractivity contribution is -0.129. The molecule has 29 heavy (non-hydrogen) atoms. The fourth-order valence-electron chi connectivity index (χ4n) is 4.33. The third-order valence-corrected chi connectivity index (χ3v) is 8.29. The number of aromatic nitrogens is 1. The van der Waals surface area contributed by atoms with E-state index in [9.17, 15) is 4.79 Å². The van der Waals surface area contributed by atoms with Gasteiger partial charge in [0.2, 0.25) is 5.91 Å². The lowest BCUT2D eigenvalue weighted by Crippen LogP contribution is -2.51. The summed E-state index contributed by atoms with van der Waals surface area (Å²) >= 11 is 3.78. The number of amides is 1. The Hall–Kier alpha value is -1.57. The second-order valence-corrected chi connectivity index (χ2v) is 10.4. The zero-order valence-corrected chi connectivity index (χ0v) is 18.4. The number of ether oxygens (including phenoxy) is 1. The van der Waals surface area contributed by atoms with Crippen molar-refractivity contribution < 1.29 is 9.53 Å². The lowest BCUT2D eigenvalue weighted by Gasteiger charge is -2.44. The van der Waals surface area contributed by atoms with Crippen LogP contribution in [0.1, 0.15) is 30.3 Å². The maximum atomic E-state index is 11.6. The lowest BCUT2D eigenvalue weighted by atomic mass is 9.87. The number of thioether (sulfide) groups is 1. The van der Waals surface area contributed by atoms with Crippen LogP contribution < -0.4 is 4.74 Å². The second-order valence-electron chi connectivity index (χ2n) is 8.12. The van der Waals surface area contributed by atoms with Gasteiger partial charge in [0.15, 0.2) is 0 Å². The summed E-state index contributed by atoms with van der Waals surface area (Å²) in [6.07, 6.45) is 3.51. The number of fused-ring (bicyclic) bond motifs is 1. The van der Waals surface area contributed by atoms with Crippen LogP contribution in [0.2, 0.25) is 0 Å². The quantitative estimate of drug-likeness (QED) is 0.742. The first-order chi connectivity index (χ1) is 14.2. The topological polar surface area (TPSA) is 45.7 Å². The zero-order valence-electron chi connectivity index (χ0n) is 16.8. The first kappa shape index (κ1) is 19.4. The van der Waals surface area contributed by atoms with E-state index in [2.05, 4.69) is 40.9 Å². The number of carbonyl (C=O) groups excluding carboxylic acids is 1. The molecular formula is C22H27N3O2S2. The zero-order chi connectivity index (χ0) is 19.8. The second kappa shape index (κ2) is 8.28. The predicted octanol–water partition coefficient (Wildman–Crippen LogP) is 3.67. The molecule has 0 N–H and O–H groups in total. The van der Waals surface area contributed by atoms with E-state index in [0.717, 1.165) is 53.9 Å². The van der Waals surface area contributed by atoms with Gasteiger partial charge >= 0.3 is 0 Å². The van der Waals surface area contributed by atoms with E-state index in [4.69, 9.17) is 9.72 Å². The van der Waals surface area contributed by atoms with Crippen LogP contribution in [0.3, 0.4) is 0 Å². The molecule has 1 aliphatic carbocycles. The Morgan fingerprint density at radius 3 is 2.62 bits per heavy atom. The highest BCUT2D eigenvalue weighted by Gasteiger charge is 2.35. The molecule has 0 unspecified atom stereocenters. The first-order valence-corrected chi connectivity index (χ1v) is 12.5. The van der Waals surface area contributed by atoms with Crippen molar-refractivity contribution in [3.63, 3.8) is 0 Å². The minimum Gasteiger partial charge on any atom is -0.490 e. The Labute approximate surface area is 180 Å². The molecule has 3 aliphatic rings. The van der Waals surface area contributed by atoms with Crippen molar-refractivity contribution in [2.24, 2.45) is 0 Å². The molecule has 2 fully saturated rings. The number of hydrogen-bond acceptors (Lipinski definition) is 6. The van der Waals surface area contributed by atoms with Gasteiger partial charge in [0.05, 0.1) is 12.2 Å². The van der Waals surface area contributed by atoms with E-state index in [0.29, 0.717) is 12.6 Å². The average molecular weight is 430 g/mol. The Kier molecular flexibility index (Phi) is 5.54. The van der Waals surface area contributed by atoms with Crippen LogP contribution in [0, 0.1) is 0 Å². The normalized spacial score (nSPS) is 24.7. The molecule has 0 bridgehead atoms. The summed E-state index contributed by atoms with van der Waals surface area (Å²) in [4.78, 5) is 22.2. The summed E-state index contributed by atoms with van der Waals surface area (Å²) in [7, 11) is 0. The highest BCUT2D eigenvalue weighted by molar-refractivity contribution is 7.99. The largest absolute Gasteiger partial charge is 0.490 e. The van der Waals surface area contributed by atoms with E-state index < -0.39 is 0 Å². The highest BCUT2D eigenvalue weighted by Crippen LogP contribution is 2.34. The Morgan fingerprint density at radius 2 is 1.90 bits per heavy atom. The van der Waals surface area contributed by atoms with Crippen molar-refractivity contribution in [3.05, 3.63) is 34.8 Å². The summed E-state index contributed by atoms with van der Waals surface area (Å²) in [5.41, 5.74) is 2.28. The molecule has 7 heteroatoms. The van der Waals surface area contributed by atoms with Gasteiger partial charge in [-0.25, -0.2) is 4.98 Å². The molecule has 1 aromatic heterocycles. The van der Waals surface area contributed by atoms with E-state index >= 15 is 0 Å². The minimum atomic E-state index is 0.143. The number of thiazole rings is 1. The van der Waals surface area contributed by atoms with E-state index in [1.54, 1.807) is 18.3 Å². The van der Waals surface area contributed by atoms with Crippen LogP contribution in [0.25, 0.3) is 10.6 Å². The van der Waals surface area contributed by atoms with Gasteiger partial charge < -0.3 is 9.64 Å². The van der Waals surface area contributed by atoms with Crippen LogP contribution in [0.15, 0.2) is 24.3 Å². The molecule has 5 nitrogen and oxygen atoms in total. The Balaban J connectivity index is 1.18. The van der Waals surface area contributed by atoms with Crippen molar-refractivity contribution >= 4 is 29.0 Å². The summed E-state index contributed by atoms with van der Waals surface area (Å²) in [6, 6.07) is 9.09. The van der Waals surface area contributed by atoms with Crippen molar-refractivity contribution in [2.75, 3.05) is 31.1 Å². The molecular weight excluding hydrogens is 402 g/mol. The standard InChI is InChI=1S/C22H27N3O2S2/c1-15(26)25-7-6-20-21(14-25)29-22(23-20)16-2-4-18(5-3-16)27-19-12-17(13-19)24-8-10-28-11-9-24/h2-5,17,19H,6-14H2,1H3. The number of benzene rings is 1. The number of hydrogen-bond donors (Lipinski definition) is 0. The molecule has 5 rings (SSSR count). The molecule has 1 saturated heterocycles. The van der Waals surface area contributed by atoms with Crippen LogP contribution in [-0.2, 0) is 17.8 Å². The molecule has 154 valence electrons. The van der Waals surface area contributed by atoms with Gasteiger partial charge in [0.25, 0.3) is 0 Å². The van der Waals surface area contributed by atoms with Crippen molar-refractivity contribution in [3.8, 4) is 16.3 Å². The molecule has 1 saturated carbocycles. The van der Waals surface area contributed by atoms with Crippen molar-refractivity contribution in [1.82, 2.24) is 14.8 Å². The van der Waals surface area contributed by atoms with Gasteiger partial charge in [-0.2, -0.15) is 11.8 Å². The van der Waals surface area contributed by atoms with Crippen LogP contribution >= 0.6 is 23.1 Å². The smallest absolute Gasteiger partial charge is 0.219 e. The van der Waals surface area contributed by atoms with Crippen LogP contribution in [0.4, 0.5) is 0 Å². The van der Waals surface area contributed by atoms with Gasteiger partial charge in [-0.15, -0.1) is 11.3 Å². The van der Waals surface area contributed by atoms with E-state index in [1.165, 1.54) is 29.5 Å². The highest BCUT2D eigenvalue weighted by atomic mass is 32.2. The van der Waals surface area contributed by atoms with Gasteiger partial charge in [-0.3, -0.25) is 9.69 Å². The molecule has 2 aliphatic heterocycles. The summed E-state index contributed by atoms with van der Waals surface area (Å²) in [5.74, 6) is 3.65. The van der Waals surface area contributed by atoms with Crippen molar-refractivity contribution in [2.45, 2.75) is 44.9 Å². The minimum absolute atomic E-state index is 0.143. The molecule has 3 heterocycles. The maximum Gasteiger partial charge on any atom is 0.219 e. The summed E-state index contributed by atoms with van der Waals surface area (Å²) in [6.45, 7) is 5.58. The first-order valence-electron chi connectivity index (χ1n) is 10.5. The third-order valence-electron chi connectivity index (χ3n) is 6.21. The predicted molar refractivity (Wildman–Crippen MR) is 119 cm³/mol. The molecule has 0 spiro atoms. The fraction of sp³-hybridized carbons (Fsp3) is 0.545. The Morgan fingerprint density at radius 1 is 1.14 bits per heavy atom.